The van der Waals surface area contributed by atoms with Gasteiger partial charge in [0.15, 0.2) is 5.58 Å². The first-order chi connectivity index (χ1) is 14.9. The van der Waals surface area contributed by atoms with Crippen LogP contribution in [0.4, 0.5) is 0 Å². The van der Waals surface area contributed by atoms with Crippen molar-refractivity contribution in [3.63, 3.8) is 0 Å². The topological polar surface area (TPSA) is 110 Å². The molecule has 10 heteroatoms. The number of sulfonamides is 1. The van der Waals surface area contributed by atoms with Crippen LogP contribution in [0.15, 0.2) is 64.3 Å². The van der Waals surface area contributed by atoms with Gasteiger partial charge in [0.1, 0.15) is 11.3 Å². The molecule has 3 aromatic heterocycles. The highest BCUT2D eigenvalue weighted by molar-refractivity contribution is 7.89. The van der Waals surface area contributed by atoms with Crippen molar-refractivity contribution in [2.45, 2.75) is 4.90 Å². The monoisotopic (exact) mass is 437 g/mol. The lowest BCUT2D eigenvalue weighted by Gasteiger charge is -2.26. The molecule has 1 aliphatic rings. The van der Waals surface area contributed by atoms with Gasteiger partial charge in [0, 0.05) is 44.2 Å². The highest BCUT2D eigenvalue weighted by Crippen LogP contribution is 2.34. The lowest BCUT2D eigenvalue weighted by atomic mass is 10.1. The van der Waals surface area contributed by atoms with Crippen LogP contribution < -0.4 is 5.32 Å². The van der Waals surface area contributed by atoms with E-state index >= 15 is 0 Å². The third-order valence-corrected chi connectivity index (χ3v) is 7.03. The van der Waals surface area contributed by atoms with Crippen molar-refractivity contribution in [3.8, 4) is 22.5 Å². The molecule has 0 unspecified atom stereocenters. The number of aryl methyl sites for hydroxylation is 1. The van der Waals surface area contributed by atoms with Gasteiger partial charge in [-0.3, -0.25) is 14.5 Å². The third-order valence-electron chi connectivity index (χ3n) is 5.19. The molecule has 1 saturated heterocycles. The number of hydrogen-bond acceptors (Lipinski definition) is 6. The number of carbonyl (C=O) groups is 1. The molecular weight excluding hydrogens is 418 g/mol. The minimum Gasteiger partial charge on any atom is -0.454 e. The van der Waals surface area contributed by atoms with E-state index in [0.717, 1.165) is 11.1 Å². The van der Waals surface area contributed by atoms with Crippen LogP contribution in [0.3, 0.4) is 0 Å². The summed E-state index contributed by atoms with van der Waals surface area (Å²) in [7, 11) is -1.97. The van der Waals surface area contributed by atoms with E-state index in [1.165, 1.54) is 10.4 Å². The Hall–Kier alpha value is -3.50. The van der Waals surface area contributed by atoms with E-state index in [1.807, 2.05) is 25.4 Å². The summed E-state index contributed by atoms with van der Waals surface area (Å²) in [6.45, 7) is 0.357. The Labute approximate surface area is 178 Å². The van der Waals surface area contributed by atoms with Crippen LogP contribution in [-0.4, -0.2) is 53.0 Å². The number of amides is 1. The van der Waals surface area contributed by atoms with Crippen molar-refractivity contribution in [1.29, 1.82) is 0 Å². The number of benzene rings is 1. The minimum atomic E-state index is -3.80. The van der Waals surface area contributed by atoms with Gasteiger partial charge in [0.05, 0.1) is 23.2 Å². The highest BCUT2D eigenvalue weighted by Gasteiger charge is 2.29. The second-order valence-corrected chi connectivity index (χ2v) is 9.24. The first-order valence-electron chi connectivity index (χ1n) is 9.67. The Balaban J connectivity index is 1.57. The summed E-state index contributed by atoms with van der Waals surface area (Å²) < 4.78 is 35.1. The van der Waals surface area contributed by atoms with Crippen LogP contribution in [0, 0.1) is 0 Å². The van der Waals surface area contributed by atoms with Crippen LogP contribution in [0.2, 0.25) is 0 Å². The van der Waals surface area contributed by atoms with Gasteiger partial charge in [0.2, 0.25) is 15.9 Å². The molecule has 1 N–H and O–H groups in total. The molecule has 1 amide bonds. The number of fused-ring (bicyclic) bond motifs is 1. The van der Waals surface area contributed by atoms with E-state index in [-0.39, 0.29) is 23.9 Å². The molecule has 9 nitrogen and oxygen atoms in total. The van der Waals surface area contributed by atoms with Crippen LogP contribution >= 0.6 is 0 Å². The van der Waals surface area contributed by atoms with Crippen molar-refractivity contribution >= 4 is 27.0 Å². The summed E-state index contributed by atoms with van der Waals surface area (Å²) in [5, 5.41) is 6.81. The molecular formula is C21H19N5O4S. The first kappa shape index (κ1) is 19.5. The number of furan rings is 1. The Morgan fingerprint density at radius 1 is 1.16 bits per heavy atom. The van der Waals surface area contributed by atoms with E-state index in [2.05, 4.69) is 15.4 Å². The van der Waals surface area contributed by atoms with Gasteiger partial charge in [-0.05, 0) is 23.8 Å². The fourth-order valence-corrected chi connectivity index (χ4v) is 5.09. The number of carbonyl (C=O) groups excluding carboxylic acids is 1. The summed E-state index contributed by atoms with van der Waals surface area (Å²) in [5.41, 5.74) is 3.47. The minimum absolute atomic E-state index is 0.128. The van der Waals surface area contributed by atoms with Crippen molar-refractivity contribution < 1.29 is 17.6 Å². The molecule has 0 bridgehead atoms. The molecule has 0 aliphatic carbocycles. The first-order valence-corrected chi connectivity index (χ1v) is 11.1. The summed E-state index contributed by atoms with van der Waals surface area (Å²) >= 11 is 0. The normalized spacial score (nSPS) is 15.3. The number of pyridine rings is 1. The van der Waals surface area contributed by atoms with E-state index < -0.39 is 10.0 Å². The standard InChI is InChI=1S/C21H19N5O4S/c1-25-12-15(11-24-25)19-10-18-21(30-19)17(5-6-22-18)14-3-2-4-16(9-14)31(28,29)26-8-7-23-20(27)13-26/h2-6,9-12H,7-8,13H2,1H3,(H,23,27). The molecule has 5 rings (SSSR count). The van der Waals surface area contributed by atoms with Crippen LogP contribution in [0.5, 0.6) is 0 Å². The van der Waals surface area contributed by atoms with Gasteiger partial charge in [-0.15, -0.1) is 0 Å². The molecule has 31 heavy (non-hydrogen) atoms. The Kier molecular flexibility index (Phi) is 4.60. The maximum absolute atomic E-state index is 13.1. The van der Waals surface area contributed by atoms with Gasteiger partial charge in [-0.2, -0.15) is 9.40 Å². The zero-order chi connectivity index (χ0) is 21.6. The van der Waals surface area contributed by atoms with Gasteiger partial charge >= 0.3 is 0 Å². The molecule has 4 aromatic rings. The van der Waals surface area contributed by atoms with Crippen molar-refractivity contribution in [3.05, 3.63) is 55.0 Å². The molecule has 1 fully saturated rings. The predicted octanol–water partition coefficient (Wildman–Crippen LogP) is 2.02. The van der Waals surface area contributed by atoms with E-state index in [0.29, 0.717) is 29.0 Å². The SMILES string of the molecule is Cn1cc(-c2cc3nccc(-c4cccc(S(=O)(=O)N5CCNC(=O)C5)c4)c3o2)cn1. The van der Waals surface area contributed by atoms with E-state index in [4.69, 9.17) is 4.42 Å². The Morgan fingerprint density at radius 2 is 2.03 bits per heavy atom. The smallest absolute Gasteiger partial charge is 0.243 e. The second kappa shape index (κ2) is 7.33. The summed E-state index contributed by atoms with van der Waals surface area (Å²) in [6.07, 6.45) is 5.22. The summed E-state index contributed by atoms with van der Waals surface area (Å²) in [5.74, 6) is 0.325. The fourth-order valence-electron chi connectivity index (χ4n) is 3.65. The number of piperazine rings is 1. The maximum atomic E-state index is 13.1. The van der Waals surface area contributed by atoms with Crippen molar-refractivity contribution in [2.75, 3.05) is 19.6 Å². The van der Waals surface area contributed by atoms with Crippen molar-refractivity contribution in [1.82, 2.24) is 24.4 Å². The maximum Gasteiger partial charge on any atom is 0.243 e. The molecule has 0 spiro atoms. The number of nitrogens with one attached hydrogen (secondary N) is 1. The van der Waals surface area contributed by atoms with E-state index in [9.17, 15) is 13.2 Å². The summed E-state index contributed by atoms with van der Waals surface area (Å²) in [6, 6.07) is 10.3. The number of rotatable bonds is 4. The average Bonchev–Trinajstić information content (AvgIpc) is 3.39. The lowest BCUT2D eigenvalue weighted by Crippen LogP contribution is -2.49. The fraction of sp³-hybridized carbons (Fsp3) is 0.190. The quantitative estimate of drug-likeness (QED) is 0.523. The molecule has 4 heterocycles. The Morgan fingerprint density at radius 3 is 2.81 bits per heavy atom. The summed E-state index contributed by atoms with van der Waals surface area (Å²) in [4.78, 5) is 16.2. The second-order valence-electron chi connectivity index (χ2n) is 7.30. The number of nitrogens with zero attached hydrogens (tertiary/aromatic N) is 4. The number of hydrogen-bond donors (Lipinski definition) is 1. The van der Waals surface area contributed by atoms with Gasteiger partial charge < -0.3 is 9.73 Å². The third kappa shape index (κ3) is 3.49. The average molecular weight is 437 g/mol. The molecule has 158 valence electrons. The van der Waals surface area contributed by atoms with Gasteiger partial charge in [0.25, 0.3) is 0 Å². The zero-order valence-corrected chi connectivity index (χ0v) is 17.5. The van der Waals surface area contributed by atoms with Crippen molar-refractivity contribution in [2.24, 2.45) is 7.05 Å². The Bertz CT molecular complexity index is 1410. The predicted molar refractivity (Wildman–Crippen MR) is 113 cm³/mol. The van der Waals surface area contributed by atoms with E-state index in [1.54, 1.807) is 35.3 Å². The molecule has 0 saturated carbocycles. The molecule has 1 aromatic carbocycles. The lowest BCUT2D eigenvalue weighted by molar-refractivity contribution is -0.122. The molecule has 0 atom stereocenters. The van der Waals surface area contributed by atoms with Crippen LogP contribution in [0.25, 0.3) is 33.6 Å². The van der Waals surface area contributed by atoms with Crippen LogP contribution in [-0.2, 0) is 21.9 Å². The number of aromatic nitrogens is 3. The molecule has 0 radical (unpaired) electrons. The van der Waals surface area contributed by atoms with Gasteiger partial charge in [-0.1, -0.05) is 12.1 Å². The largest absolute Gasteiger partial charge is 0.454 e. The highest BCUT2D eigenvalue weighted by atomic mass is 32.2. The van der Waals surface area contributed by atoms with Crippen LogP contribution in [0.1, 0.15) is 0 Å². The zero-order valence-electron chi connectivity index (χ0n) is 16.6. The van der Waals surface area contributed by atoms with Gasteiger partial charge in [-0.25, -0.2) is 8.42 Å². The molecule has 1 aliphatic heterocycles.